The number of sulfonamides is 1. The molecule has 1 aliphatic carbocycles. The summed E-state index contributed by atoms with van der Waals surface area (Å²) in [4.78, 5) is 0.276. The highest BCUT2D eigenvalue weighted by molar-refractivity contribution is 7.89. The van der Waals surface area contributed by atoms with E-state index >= 15 is 0 Å². The Morgan fingerprint density at radius 2 is 2.26 bits per heavy atom. The van der Waals surface area contributed by atoms with E-state index < -0.39 is 10.0 Å². The molecule has 19 heavy (non-hydrogen) atoms. The maximum Gasteiger partial charge on any atom is 0.246 e. The summed E-state index contributed by atoms with van der Waals surface area (Å²) in [6.07, 6.45) is 6.72. The Labute approximate surface area is 113 Å². The van der Waals surface area contributed by atoms with E-state index in [9.17, 15) is 8.42 Å². The van der Waals surface area contributed by atoms with Crippen molar-refractivity contribution in [3.63, 3.8) is 0 Å². The highest BCUT2D eigenvalue weighted by Crippen LogP contribution is 2.40. The molecular weight excluding hydrogens is 266 g/mol. The van der Waals surface area contributed by atoms with E-state index in [1.54, 1.807) is 15.2 Å². The molecule has 7 heteroatoms. The van der Waals surface area contributed by atoms with Crippen molar-refractivity contribution in [2.45, 2.75) is 43.2 Å². The van der Waals surface area contributed by atoms with Gasteiger partial charge in [0.15, 0.2) is 0 Å². The monoisotopic (exact) mass is 285 g/mol. The second-order valence-electron chi connectivity index (χ2n) is 5.42. The number of aryl methyl sites for hydroxylation is 1. The average molecular weight is 285 g/mol. The molecule has 0 radical (unpaired) electrons. The van der Waals surface area contributed by atoms with Crippen LogP contribution in [0.2, 0.25) is 0 Å². The molecule has 1 saturated heterocycles. The lowest BCUT2D eigenvalue weighted by molar-refractivity contribution is 0.277. The summed E-state index contributed by atoms with van der Waals surface area (Å²) in [6.45, 7) is 1.28. The molecule has 2 unspecified atom stereocenters. The minimum atomic E-state index is -3.39. The SMILES string of the molecule is O=S(=O)(c1cnn(CCCO)c1)N1CC2CCC1C2. The number of hydrogen-bond acceptors (Lipinski definition) is 4. The number of fused-ring (bicyclic) bond motifs is 2. The van der Waals surface area contributed by atoms with Crippen LogP contribution in [0.1, 0.15) is 25.7 Å². The second kappa shape index (κ2) is 4.88. The fraction of sp³-hybridized carbons (Fsp3) is 0.750. The molecule has 1 N–H and O–H groups in total. The van der Waals surface area contributed by atoms with Crippen LogP contribution < -0.4 is 0 Å². The van der Waals surface area contributed by atoms with Crippen molar-refractivity contribution in [3.8, 4) is 0 Å². The van der Waals surface area contributed by atoms with Crippen molar-refractivity contribution < 1.29 is 13.5 Å². The normalized spacial score (nSPS) is 27.2. The summed E-state index contributed by atoms with van der Waals surface area (Å²) in [5.74, 6) is 0.546. The Morgan fingerprint density at radius 1 is 1.42 bits per heavy atom. The third-order valence-electron chi connectivity index (χ3n) is 4.12. The Kier molecular flexibility index (Phi) is 3.36. The van der Waals surface area contributed by atoms with Crippen LogP contribution in [0.3, 0.4) is 0 Å². The molecule has 6 nitrogen and oxygen atoms in total. The first-order valence-electron chi connectivity index (χ1n) is 6.76. The van der Waals surface area contributed by atoms with E-state index in [0.717, 1.165) is 19.3 Å². The Balaban J connectivity index is 1.78. The third-order valence-corrected chi connectivity index (χ3v) is 5.99. The fourth-order valence-electron chi connectivity index (χ4n) is 3.14. The predicted octanol–water partition coefficient (Wildman–Crippen LogP) is 0.438. The Morgan fingerprint density at radius 3 is 2.89 bits per heavy atom. The van der Waals surface area contributed by atoms with Gasteiger partial charge in [-0.05, 0) is 31.6 Å². The number of hydrogen-bond donors (Lipinski definition) is 1. The zero-order valence-electron chi connectivity index (χ0n) is 10.8. The summed E-state index contributed by atoms with van der Waals surface area (Å²) < 4.78 is 28.3. The lowest BCUT2D eigenvalue weighted by Gasteiger charge is -2.25. The first-order valence-corrected chi connectivity index (χ1v) is 8.20. The Hall–Kier alpha value is -0.920. The number of piperidine rings is 1. The summed E-state index contributed by atoms with van der Waals surface area (Å²) in [6, 6.07) is 0.191. The maximum atomic E-state index is 12.5. The van der Waals surface area contributed by atoms with Crippen molar-refractivity contribution in [1.29, 1.82) is 0 Å². The molecule has 2 bridgehead atoms. The van der Waals surface area contributed by atoms with Gasteiger partial charge in [-0.15, -0.1) is 0 Å². The predicted molar refractivity (Wildman–Crippen MR) is 69.0 cm³/mol. The van der Waals surface area contributed by atoms with Crippen LogP contribution in [-0.2, 0) is 16.6 Å². The van der Waals surface area contributed by atoms with Crippen LogP contribution in [0.25, 0.3) is 0 Å². The lowest BCUT2D eigenvalue weighted by Crippen LogP contribution is -2.37. The van der Waals surface area contributed by atoms with E-state index in [1.165, 1.54) is 6.20 Å². The first-order chi connectivity index (χ1) is 9.11. The third kappa shape index (κ3) is 2.30. The maximum absolute atomic E-state index is 12.5. The summed E-state index contributed by atoms with van der Waals surface area (Å²) in [5.41, 5.74) is 0. The topological polar surface area (TPSA) is 75.4 Å². The van der Waals surface area contributed by atoms with Crippen molar-refractivity contribution in [2.75, 3.05) is 13.2 Å². The highest BCUT2D eigenvalue weighted by atomic mass is 32.2. The zero-order valence-corrected chi connectivity index (χ0v) is 11.6. The molecule has 2 heterocycles. The van der Waals surface area contributed by atoms with Crippen molar-refractivity contribution in [1.82, 2.24) is 14.1 Å². The molecule has 3 rings (SSSR count). The Bertz CT molecular complexity index is 554. The van der Waals surface area contributed by atoms with Crippen molar-refractivity contribution in [2.24, 2.45) is 5.92 Å². The van der Waals surface area contributed by atoms with Crippen LogP contribution >= 0.6 is 0 Å². The van der Waals surface area contributed by atoms with E-state index in [1.807, 2.05) is 0 Å². The van der Waals surface area contributed by atoms with Gasteiger partial charge in [0.2, 0.25) is 10.0 Å². The standard InChI is InChI=1S/C12H19N3O3S/c16-5-1-4-14-9-12(7-13-14)19(17,18)15-8-10-2-3-11(15)6-10/h7,9-11,16H,1-6,8H2. The molecule has 1 aliphatic heterocycles. The molecule has 2 fully saturated rings. The fourth-order valence-corrected chi connectivity index (χ4v) is 4.84. The number of aliphatic hydroxyl groups is 1. The van der Waals surface area contributed by atoms with Gasteiger partial charge in [-0.1, -0.05) is 0 Å². The number of nitrogens with zero attached hydrogens (tertiary/aromatic N) is 3. The van der Waals surface area contributed by atoms with E-state index in [-0.39, 0.29) is 17.5 Å². The van der Waals surface area contributed by atoms with Gasteiger partial charge in [-0.25, -0.2) is 8.42 Å². The van der Waals surface area contributed by atoms with Gasteiger partial charge in [0.1, 0.15) is 4.90 Å². The largest absolute Gasteiger partial charge is 0.396 e. The van der Waals surface area contributed by atoms with Crippen LogP contribution in [0, 0.1) is 5.92 Å². The smallest absolute Gasteiger partial charge is 0.246 e. The number of rotatable bonds is 5. The van der Waals surface area contributed by atoms with Crippen LogP contribution in [0.5, 0.6) is 0 Å². The van der Waals surface area contributed by atoms with E-state index in [4.69, 9.17) is 5.11 Å². The van der Waals surface area contributed by atoms with Gasteiger partial charge in [0.05, 0.1) is 6.20 Å². The van der Waals surface area contributed by atoms with E-state index in [2.05, 4.69) is 5.10 Å². The van der Waals surface area contributed by atoms with Crippen molar-refractivity contribution >= 4 is 10.0 Å². The molecule has 0 aromatic carbocycles. The van der Waals surface area contributed by atoms with E-state index in [0.29, 0.717) is 25.4 Å². The van der Waals surface area contributed by atoms with Gasteiger partial charge in [-0.3, -0.25) is 4.68 Å². The molecule has 1 saturated carbocycles. The summed E-state index contributed by atoms with van der Waals surface area (Å²) >= 11 is 0. The number of aromatic nitrogens is 2. The molecular formula is C12H19N3O3S. The van der Waals surface area contributed by atoms with Crippen LogP contribution in [-0.4, -0.2) is 46.8 Å². The quantitative estimate of drug-likeness (QED) is 0.851. The first kappa shape index (κ1) is 13.1. The van der Waals surface area contributed by atoms with Gasteiger partial charge < -0.3 is 5.11 Å². The molecule has 0 spiro atoms. The lowest BCUT2D eigenvalue weighted by atomic mass is 10.1. The second-order valence-corrected chi connectivity index (χ2v) is 7.31. The average Bonchev–Trinajstić information content (AvgIpc) is 3.11. The van der Waals surface area contributed by atoms with Crippen LogP contribution in [0.4, 0.5) is 0 Å². The van der Waals surface area contributed by atoms with Crippen LogP contribution in [0.15, 0.2) is 17.3 Å². The summed E-state index contributed by atoms with van der Waals surface area (Å²) in [7, 11) is -3.39. The number of aliphatic hydroxyl groups excluding tert-OH is 1. The molecule has 1 aromatic rings. The zero-order chi connectivity index (χ0) is 13.5. The highest BCUT2D eigenvalue weighted by Gasteiger charge is 2.44. The molecule has 2 atom stereocenters. The minimum absolute atomic E-state index is 0.0812. The van der Waals surface area contributed by atoms with Crippen molar-refractivity contribution in [3.05, 3.63) is 12.4 Å². The molecule has 0 amide bonds. The van der Waals surface area contributed by atoms with Gasteiger partial charge >= 0.3 is 0 Å². The molecule has 2 aliphatic rings. The van der Waals surface area contributed by atoms with Gasteiger partial charge in [0, 0.05) is 31.9 Å². The molecule has 1 aromatic heterocycles. The minimum Gasteiger partial charge on any atom is -0.396 e. The molecule has 106 valence electrons. The van der Waals surface area contributed by atoms with Gasteiger partial charge in [0.25, 0.3) is 0 Å². The summed E-state index contributed by atoms with van der Waals surface area (Å²) in [5, 5.41) is 12.8. The van der Waals surface area contributed by atoms with Gasteiger partial charge in [-0.2, -0.15) is 9.40 Å².